The van der Waals surface area contributed by atoms with E-state index in [1.165, 1.54) is 11.3 Å². The summed E-state index contributed by atoms with van der Waals surface area (Å²) >= 11 is 0. The van der Waals surface area contributed by atoms with E-state index >= 15 is 0 Å². The maximum atomic E-state index is 12.3. The van der Waals surface area contributed by atoms with Gasteiger partial charge in [-0.25, -0.2) is 14.6 Å². The minimum atomic E-state index is 0.0464. The zero-order valence-electron chi connectivity index (χ0n) is 15.2. The summed E-state index contributed by atoms with van der Waals surface area (Å²) in [5.74, 6) is 1.53. The number of aryl methyl sites for hydroxylation is 2. The predicted molar refractivity (Wildman–Crippen MR) is 98.3 cm³/mol. The number of nitrogens with zero attached hydrogens (tertiary/aromatic N) is 6. The van der Waals surface area contributed by atoms with Gasteiger partial charge in [0, 0.05) is 50.1 Å². The van der Waals surface area contributed by atoms with Crippen LogP contribution in [0.25, 0.3) is 0 Å². The number of likely N-dealkylation sites (N-methyl/N-ethyl adjacent to an activating group) is 1. The van der Waals surface area contributed by atoms with Crippen LogP contribution in [0.15, 0.2) is 17.2 Å². The van der Waals surface area contributed by atoms with E-state index in [4.69, 9.17) is 0 Å². The summed E-state index contributed by atoms with van der Waals surface area (Å²) in [6.07, 6.45) is 5.82. The molecule has 26 heavy (non-hydrogen) atoms. The van der Waals surface area contributed by atoms with Gasteiger partial charge in [0.25, 0.3) is 5.56 Å². The number of rotatable bonds is 3. The molecule has 1 saturated heterocycles. The van der Waals surface area contributed by atoms with Gasteiger partial charge in [-0.1, -0.05) is 0 Å². The topological polar surface area (TPSA) is 67.2 Å². The molecule has 7 nitrogen and oxygen atoms in total. The Kier molecular flexibility index (Phi) is 3.77. The van der Waals surface area contributed by atoms with Gasteiger partial charge in [-0.2, -0.15) is 5.10 Å². The molecular formula is C19H24N6O. The normalized spacial score (nSPS) is 20.0. The molecule has 0 N–H and O–H groups in total. The Morgan fingerprint density at radius 1 is 1.15 bits per heavy atom. The van der Waals surface area contributed by atoms with Crippen molar-refractivity contribution in [1.29, 1.82) is 0 Å². The first kappa shape index (κ1) is 15.9. The van der Waals surface area contributed by atoms with Crippen LogP contribution in [0.2, 0.25) is 0 Å². The Bertz CT molecular complexity index is 901. The molecule has 0 radical (unpaired) electrons. The smallest absolute Gasteiger partial charge is 0.267 e. The van der Waals surface area contributed by atoms with Gasteiger partial charge in [-0.3, -0.25) is 4.79 Å². The molecule has 1 fully saturated rings. The lowest BCUT2D eigenvalue weighted by molar-refractivity contribution is 0.302. The third kappa shape index (κ3) is 2.70. The average Bonchev–Trinajstić information content (AvgIpc) is 3.04. The first-order chi connectivity index (χ1) is 12.7. The fraction of sp³-hybridized carbons (Fsp3) is 0.579. The SMILES string of the molecule is CN1CCc2ncnc(N3CC(Cn4nc5c(cc4=O)CCC5)C3)c2C1. The van der Waals surface area contributed by atoms with Crippen molar-refractivity contribution in [1.82, 2.24) is 24.6 Å². The molecule has 0 saturated carbocycles. The lowest BCUT2D eigenvalue weighted by Gasteiger charge is -2.42. The molecule has 0 spiro atoms. The molecular weight excluding hydrogens is 328 g/mol. The molecule has 0 aromatic carbocycles. The van der Waals surface area contributed by atoms with Crippen LogP contribution < -0.4 is 10.5 Å². The molecule has 136 valence electrons. The van der Waals surface area contributed by atoms with Gasteiger partial charge in [0.05, 0.1) is 17.9 Å². The summed E-state index contributed by atoms with van der Waals surface area (Å²) < 4.78 is 1.68. The standard InChI is InChI=1S/C19H24N6O/c1-23-6-5-17-15(11-23)19(21-12-20-17)24-8-13(9-24)10-25-18(26)7-14-3-2-4-16(14)22-25/h7,12-13H,2-6,8-11H2,1H3. The molecule has 7 heteroatoms. The summed E-state index contributed by atoms with van der Waals surface area (Å²) in [6, 6.07) is 1.79. The number of hydrogen-bond acceptors (Lipinski definition) is 6. The van der Waals surface area contributed by atoms with Crippen molar-refractivity contribution in [3.8, 4) is 0 Å². The average molecular weight is 352 g/mol. The Morgan fingerprint density at radius 3 is 2.92 bits per heavy atom. The first-order valence-corrected chi connectivity index (χ1v) is 9.53. The van der Waals surface area contributed by atoms with Crippen LogP contribution in [0.4, 0.5) is 5.82 Å². The summed E-state index contributed by atoms with van der Waals surface area (Å²) in [7, 11) is 2.14. The van der Waals surface area contributed by atoms with Gasteiger partial charge in [0.15, 0.2) is 0 Å². The molecule has 0 unspecified atom stereocenters. The minimum Gasteiger partial charge on any atom is -0.355 e. The third-order valence-electron chi connectivity index (χ3n) is 5.88. The minimum absolute atomic E-state index is 0.0464. The van der Waals surface area contributed by atoms with E-state index in [1.54, 1.807) is 17.1 Å². The van der Waals surface area contributed by atoms with Gasteiger partial charge in [-0.05, 0) is 31.9 Å². The summed E-state index contributed by atoms with van der Waals surface area (Å²) in [6.45, 7) is 4.53. The van der Waals surface area contributed by atoms with E-state index in [-0.39, 0.29) is 5.56 Å². The largest absolute Gasteiger partial charge is 0.355 e. The molecule has 5 rings (SSSR count). The van der Waals surface area contributed by atoms with E-state index in [9.17, 15) is 4.79 Å². The highest BCUT2D eigenvalue weighted by Crippen LogP contribution is 2.30. The summed E-state index contributed by atoms with van der Waals surface area (Å²) in [5, 5.41) is 4.61. The second kappa shape index (κ2) is 6.16. The van der Waals surface area contributed by atoms with Crippen molar-refractivity contribution >= 4 is 5.82 Å². The maximum Gasteiger partial charge on any atom is 0.267 e. The van der Waals surface area contributed by atoms with E-state index in [2.05, 4.69) is 31.9 Å². The van der Waals surface area contributed by atoms with Gasteiger partial charge < -0.3 is 9.80 Å². The Labute approximate surface area is 152 Å². The van der Waals surface area contributed by atoms with Crippen LogP contribution in [-0.2, 0) is 32.4 Å². The number of aromatic nitrogens is 4. The molecule has 2 aliphatic heterocycles. The summed E-state index contributed by atoms with van der Waals surface area (Å²) in [4.78, 5) is 26.0. The number of anilines is 1. The highest BCUT2D eigenvalue weighted by atomic mass is 16.1. The Morgan fingerprint density at radius 2 is 2.04 bits per heavy atom. The van der Waals surface area contributed by atoms with Crippen LogP contribution in [0, 0.1) is 5.92 Å². The Balaban J connectivity index is 1.30. The molecule has 2 aromatic heterocycles. The number of hydrogen-bond donors (Lipinski definition) is 0. The third-order valence-corrected chi connectivity index (χ3v) is 5.88. The highest BCUT2D eigenvalue weighted by molar-refractivity contribution is 5.51. The van der Waals surface area contributed by atoms with Gasteiger partial charge >= 0.3 is 0 Å². The van der Waals surface area contributed by atoms with Crippen molar-refractivity contribution < 1.29 is 0 Å². The Hall–Kier alpha value is -2.28. The van der Waals surface area contributed by atoms with Crippen LogP contribution in [-0.4, -0.2) is 51.3 Å². The number of fused-ring (bicyclic) bond motifs is 2. The highest BCUT2D eigenvalue weighted by Gasteiger charge is 2.32. The van der Waals surface area contributed by atoms with Gasteiger partial charge in [0.1, 0.15) is 12.1 Å². The predicted octanol–water partition coefficient (Wildman–Crippen LogP) is 0.646. The molecule has 0 atom stereocenters. The van der Waals surface area contributed by atoms with Gasteiger partial charge in [0.2, 0.25) is 0 Å². The van der Waals surface area contributed by atoms with Crippen molar-refractivity contribution in [2.75, 3.05) is 31.6 Å². The fourth-order valence-electron chi connectivity index (χ4n) is 4.41. The first-order valence-electron chi connectivity index (χ1n) is 9.53. The van der Waals surface area contributed by atoms with Crippen LogP contribution >= 0.6 is 0 Å². The van der Waals surface area contributed by atoms with Crippen molar-refractivity contribution in [2.24, 2.45) is 5.92 Å². The zero-order chi connectivity index (χ0) is 17.7. The van der Waals surface area contributed by atoms with Crippen molar-refractivity contribution in [3.05, 3.63) is 45.3 Å². The summed E-state index contributed by atoms with van der Waals surface area (Å²) in [5.41, 5.74) is 4.78. The van der Waals surface area contributed by atoms with Crippen LogP contribution in [0.3, 0.4) is 0 Å². The van der Waals surface area contributed by atoms with Crippen LogP contribution in [0.5, 0.6) is 0 Å². The second-order valence-electron chi connectivity index (χ2n) is 7.87. The van der Waals surface area contributed by atoms with Crippen molar-refractivity contribution in [3.63, 3.8) is 0 Å². The molecule has 0 amide bonds. The molecule has 3 aliphatic rings. The maximum absolute atomic E-state index is 12.3. The van der Waals surface area contributed by atoms with Gasteiger partial charge in [-0.15, -0.1) is 0 Å². The lowest BCUT2D eigenvalue weighted by Crippen LogP contribution is -2.51. The lowest BCUT2D eigenvalue weighted by atomic mass is 9.98. The molecule has 0 bridgehead atoms. The van der Waals surface area contributed by atoms with E-state index < -0.39 is 0 Å². The second-order valence-corrected chi connectivity index (χ2v) is 7.87. The molecule has 2 aromatic rings. The zero-order valence-corrected chi connectivity index (χ0v) is 15.2. The quantitative estimate of drug-likeness (QED) is 0.808. The van der Waals surface area contributed by atoms with E-state index in [0.717, 1.165) is 68.9 Å². The van der Waals surface area contributed by atoms with Crippen LogP contribution in [0.1, 0.15) is 28.9 Å². The molecule has 4 heterocycles. The van der Waals surface area contributed by atoms with E-state index in [0.29, 0.717) is 12.5 Å². The molecule has 1 aliphatic carbocycles. The van der Waals surface area contributed by atoms with E-state index in [1.807, 2.05) is 0 Å². The monoisotopic (exact) mass is 352 g/mol. The fourth-order valence-corrected chi connectivity index (χ4v) is 4.41. The van der Waals surface area contributed by atoms with Crippen molar-refractivity contribution in [2.45, 2.75) is 38.8 Å².